The molecule has 1 fully saturated rings. The molecule has 2 bridgehead atoms. The van der Waals surface area contributed by atoms with Crippen molar-refractivity contribution in [1.29, 1.82) is 0 Å². The highest BCUT2D eigenvalue weighted by molar-refractivity contribution is 6.30. The van der Waals surface area contributed by atoms with Gasteiger partial charge in [-0.2, -0.15) is 0 Å². The summed E-state index contributed by atoms with van der Waals surface area (Å²) in [7, 11) is 0. The second-order valence-corrected chi connectivity index (χ2v) is 5.31. The zero-order chi connectivity index (χ0) is 11.8. The summed E-state index contributed by atoms with van der Waals surface area (Å²) < 4.78 is 0. The predicted octanol–water partition coefficient (Wildman–Crippen LogP) is 3.03. The van der Waals surface area contributed by atoms with Crippen molar-refractivity contribution in [3.05, 3.63) is 47.0 Å². The van der Waals surface area contributed by atoms with Gasteiger partial charge in [-0.15, -0.1) is 0 Å². The zero-order valence-corrected chi connectivity index (χ0v) is 10.2. The van der Waals surface area contributed by atoms with Crippen LogP contribution in [0.3, 0.4) is 0 Å². The van der Waals surface area contributed by atoms with Gasteiger partial charge in [-0.1, -0.05) is 29.8 Å². The van der Waals surface area contributed by atoms with E-state index in [1.807, 2.05) is 0 Å². The third-order valence-corrected chi connectivity index (χ3v) is 3.92. The van der Waals surface area contributed by atoms with Gasteiger partial charge >= 0.3 is 0 Å². The van der Waals surface area contributed by atoms with Crippen LogP contribution in [0.4, 0.5) is 0 Å². The smallest absolute Gasteiger partial charge is 0.251 e. The van der Waals surface area contributed by atoms with Crippen LogP contribution in [-0.2, 0) is 0 Å². The Morgan fingerprint density at radius 3 is 2.82 bits per heavy atom. The lowest BCUT2D eigenvalue weighted by Gasteiger charge is -2.19. The van der Waals surface area contributed by atoms with Crippen molar-refractivity contribution in [2.75, 3.05) is 0 Å². The van der Waals surface area contributed by atoms with E-state index in [4.69, 9.17) is 11.6 Å². The highest BCUT2D eigenvalue weighted by atomic mass is 35.5. The number of carbonyl (C=O) groups is 1. The average molecular weight is 248 g/mol. The van der Waals surface area contributed by atoms with E-state index in [9.17, 15) is 4.79 Å². The number of halogens is 1. The molecule has 0 radical (unpaired) electrons. The Labute approximate surface area is 106 Å². The first-order valence-electron chi connectivity index (χ1n) is 5.97. The average Bonchev–Trinajstić information content (AvgIpc) is 2.91. The first kappa shape index (κ1) is 10.8. The molecule has 3 atom stereocenters. The number of allylic oxidation sites excluding steroid dienone is 1. The third kappa shape index (κ3) is 2.09. The second kappa shape index (κ2) is 4.19. The van der Waals surface area contributed by atoms with Gasteiger partial charge in [0.25, 0.3) is 5.91 Å². The largest absolute Gasteiger partial charge is 0.349 e. The van der Waals surface area contributed by atoms with Crippen molar-refractivity contribution in [1.82, 2.24) is 5.32 Å². The van der Waals surface area contributed by atoms with Gasteiger partial charge in [-0.3, -0.25) is 4.79 Å². The predicted molar refractivity (Wildman–Crippen MR) is 68.1 cm³/mol. The van der Waals surface area contributed by atoms with Gasteiger partial charge in [-0.05, 0) is 42.9 Å². The molecule has 1 aromatic carbocycles. The van der Waals surface area contributed by atoms with E-state index in [1.165, 1.54) is 6.42 Å². The number of benzene rings is 1. The first-order valence-corrected chi connectivity index (χ1v) is 6.35. The maximum atomic E-state index is 12.0. The highest BCUT2D eigenvalue weighted by Gasteiger charge is 2.36. The Hall–Kier alpha value is -1.28. The molecule has 2 aliphatic carbocycles. The summed E-state index contributed by atoms with van der Waals surface area (Å²) >= 11 is 5.88. The molecular formula is C14H14ClNO. The Morgan fingerprint density at radius 1 is 1.29 bits per heavy atom. The van der Waals surface area contributed by atoms with Crippen LogP contribution >= 0.6 is 11.6 Å². The lowest BCUT2D eigenvalue weighted by molar-refractivity contribution is 0.0931. The van der Waals surface area contributed by atoms with Crippen molar-refractivity contribution in [3.8, 4) is 0 Å². The van der Waals surface area contributed by atoms with E-state index in [-0.39, 0.29) is 5.91 Å². The van der Waals surface area contributed by atoms with Gasteiger partial charge in [0.2, 0.25) is 0 Å². The lowest BCUT2D eigenvalue weighted by Crippen LogP contribution is -2.37. The van der Waals surface area contributed by atoms with Crippen LogP contribution in [0.1, 0.15) is 23.2 Å². The van der Waals surface area contributed by atoms with Crippen LogP contribution in [0, 0.1) is 11.8 Å². The topological polar surface area (TPSA) is 29.1 Å². The molecule has 2 unspecified atom stereocenters. The highest BCUT2D eigenvalue weighted by Crippen LogP contribution is 2.39. The van der Waals surface area contributed by atoms with E-state index < -0.39 is 0 Å². The number of carbonyl (C=O) groups excluding carboxylic acids is 1. The van der Waals surface area contributed by atoms with Crippen LogP contribution in [0.2, 0.25) is 5.02 Å². The quantitative estimate of drug-likeness (QED) is 0.800. The van der Waals surface area contributed by atoms with Crippen LogP contribution < -0.4 is 5.32 Å². The molecule has 0 aromatic heterocycles. The molecule has 2 aliphatic rings. The number of hydrogen-bond acceptors (Lipinski definition) is 1. The minimum absolute atomic E-state index is 0.0153. The fourth-order valence-corrected chi connectivity index (χ4v) is 3.02. The molecule has 1 saturated carbocycles. The van der Waals surface area contributed by atoms with Crippen LogP contribution in [0.15, 0.2) is 36.4 Å². The number of nitrogens with one attached hydrogen (secondary N) is 1. The minimum Gasteiger partial charge on any atom is -0.349 e. The van der Waals surface area contributed by atoms with E-state index in [0.717, 1.165) is 6.42 Å². The molecule has 0 saturated heterocycles. The fraction of sp³-hybridized carbons (Fsp3) is 0.357. The van der Waals surface area contributed by atoms with E-state index >= 15 is 0 Å². The van der Waals surface area contributed by atoms with E-state index in [0.29, 0.717) is 28.5 Å². The summed E-state index contributed by atoms with van der Waals surface area (Å²) in [5.41, 5.74) is 0.643. The standard InChI is InChI=1S/C14H14ClNO/c15-12-3-1-2-11(8-12)14(17)16-13-7-9-4-5-10(13)6-9/h1-5,8-10,13H,6-7H2,(H,16,17)/t9?,10?,13-/m0/s1. The van der Waals surface area contributed by atoms with Crippen molar-refractivity contribution in [2.45, 2.75) is 18.9 Å². The second-order valence-electron chi connectivity index (χ2n) is 4.87. The van der Waals surface area contributed by atoms with Crippen LogP contribution in [0.5, 0.6) is 0 Å². The maximum absolute atomic E-state index is 12.0. The van der Waals surface area contributed by atoms with Crippen molar-refractivity contribution in [3.63, 3.8) is 0 Å². The van der Waals surface area contributed by atoms with Gasteiger partial charge in [0.15, 0.2) is 0 Å². The van der Waals surface area contributed by atoms with Crippen molar-refractivity contribution < 1.29 is 4.79 Å². The lowest BCUT2D eigenvalue weighted by atomic mass is 10.0. The van der Waals surface area contributed by atoms with E-state index in [1.54, 1.807) is 24.3 Å². The summed E-state index contributed by atoms with van der Waals surface area (Å²) in [5, 5.41) is 3.71. The molecule has 88 valence electrons. The number of amides is 1. The monoisotopic (exact) mass is 247 g/mol. The fourth-order valence-electron chi connectivity index (χ4n) is 2.83. The summed E-state index contributed by atoms with van der Waals surface area (Å²) in [6.45, 7) is 0. The Bertz CT molecular complexity index is 483. The molecule has 0 aliphatic heterocycles. The molecular weight excluding hydrogens is 234 g/mol. The maximum Gasteiger partial charge on any atom is 0.251 e. The Balaban J connectivity index is 1.70. The van der Waals surface area contributed by atoms with Gasteiger partial charge in [0, 0.05) is 16.6 Å². The van der Waals surface area contributed by atoms with Crippen molar-refractivity contribution in [2.24, 2.45) is 11.8 Å². The minimum atomic E-state index is -0.0153. The summed E-state index contributed by atoms with van der Waals surface area (Å²) in [5.74, 6) is 1.19. The molecule has 2 nitrogen and oxygen atoms in total. The Morgan fingerprint density at radius 2 is 2.18 bits per heavy atom. The van der Waals surface area contributed by atoms with Gasteiger partial charge in [-0.25, -0.2) is 0 Å². The molecule has 17 heavy (non-hydrogen) atoms. The molecule has 0 heterocycles. The van der Waals surface area contributed by atoms with Gasteiger partial charge in [0.05, 0.1) is 0 Å². The molecule has 3 heteroatoms. The van der Waals surface area contributed by atoms with Crippen LogP contribution in [0.25, 0.3) is 0 Å². The van der Waals surface area contributed by atoms with E-state index in [2.05, 4.69) is 17.5 Å². The number of rotatable bonds is 2. The summed E-state index contributed by atoms with van der Waals surface area (Å²) in [4.78, 5) is 12.0. The summed E-state index contributed by atoms with van der Waals surface area (Å²) in [6, 6.07) is 7.39. The molecule has 0 spiro atoms. The van der Waals surface area contributed by atoms with Crippen LogP contribution in [-0.4, -0.2) is 11.9 Å². The molecule has 3 rings (SSSR count). The Kier molecular flexibility index (Phi) is 2.67. The number of fused-ring (bicyclic) bond motifs is 2. The molecule has 1 N–H and O–H groups in total. The number of hydrogen-bond donors (Lipinski definition) is 1. The van der Waals surface area contributed by atoms with Crippen molar-refractivity contribution >= 4 is 17.5 Å². The SMILES string of the molecule is O=C(N[C@H]1CC2C=CC1C2)c1cccc(Cl)c1. The normalized spacial score (nSPS) is 29.6. The molecule has 1 aromatic rings. The third-order valence-electron chi connectivity index (χ3n) is 3.68. The van der Waals surface area contributed by atoms with Gasteiger partial charge in [0.1, 0.15) is 0 Å². The first-order chi connectivity index (χ1) is 8.22. The zero-order valence-electron chi connectivity index (χ0n) is 9.40. The van der Waals surface area contributed by atoms with Gasteiger partial charge < -0.3 is 5.32 Å². The summed E-state index contributed by atoms with van der Waals surface area (Å²) in [6.07, 6.45) is 6.78. The molecule has 1 amide bonds.